The van der Waals surface area contributed by atoms with Gasteiger partial charge in [-0.1, -0.05) is 6.07 Å². The molecule has 2 N–H and O–H groups in total. The fourth-order valence-electron chi connectivity index (χ4n) is 1.04. The first-order chi connectivity index (χ1) is 7.09. The highest BCUT2D eigenvalue weighted by Gasteiger charge is 2.05. The van der Waals surface area contributed by atoms with E-state index in [9.17, 15) is 14.9 Å². The minimum absolute atomic E-state index is 0.0182. The summed E-state index contributed by atoms with van der Waals surface area (Å²) in [5, 5.41) is 21.6. The molecule has 0 bridgehead atoms. The molecule has 0 aliphatic carbocycles. The van der Waals surface area contributed by atoms with E-state index in [4.69, 9.17) is 5.11 Å². The maximum atomic E-state index is 10.4. The van der Waals surface area contributed by atoms with Gasteiger partial charge in [0, 0.05) is 24.4 Å². The van der Waals surface area contributed by atoms with Crippen molar-refractivity contribution in [2.75, 3.05) is 11.9 Å². The van der Waals surface area contributed by atoms with E-state index < -0.39 is 10.9 Å². The number of rotatable bonds is 5. The summed E-state index contributed by atoms with van der Waals surface area (Å²) in [4.78, 5) is 20.1. The molecule has 0 spiro atoms. The van der Waals surface area contributed by atoms with Crippen LogP contribution in [0, 0.1) is 10.1 Å². The molecule has 6 heteroatoms. The number of nitrogens with zero attached hydrogens (tertiary/aromatic N) is 1. The molecule has 0 atom stereocenters. The van der Waals surface area contributed by atoms with Gasteiger partial charge in [0.25, 0.3) is 5.69 Å². The van der Waals surface area contributed by atoms with Gasteiger partial charge >= 0.3 is 5.97 Å². The minimum atomic E-state index is -0.909. The predicted molar refractivity (Wildman–Crippen MR) is 53.8 cm³/mol. The average molecular weight is 210 g/mol. The molecule has 80 valence electrons. The summed E-state index contributed by atoms with van der Waals surface area (Å²) in [5.41, 5.74) is 0.528. The Bertz CT molecular complexity index is 378. The fraction of sp³-hybridized carbons (Fsp3) is 0.222. The number of nitro groups is 1. The molecule has 0 fully saturated rings. The molecule has 0 aromatic heterocycles. The fourth-order valence-corrected chi connectivity index (χ4v) is 1.04. The van der Waals surface area contributed by atoms with Crippen molar-refractivity contribution in [3.05, 3.63) is 34.4 Å². The third-order valence-corrected chi connectivity index (χ3v) is 1.72. The molecule has 0 saturated carbocycles. The number of anilines is 1. The SMILES string of the molecule is O=C(O)CCNc1cccc([N+](=O)[O-])c1. The highest BCUT2D eigenvalue weighted by Crippen LogP contribution is 2.16. The van der Waals surface area contributed by atoms with Crippen LogP contribution in [0.3, 0.4) is 0 Å². The Balaban J connectivity index is 2.58. The van der Waals surface area contributed by atoms with E-state index >= 15 is 0 Å². The molecule has 0 aliphatic rings. The number of aliphatic carboxylic acids is 1. The Morgan fingerprint density at radius 1 is 1.53 bits per heavy atom. The normalized spacial score (nSPS) is 9.60. The molecule has 0 saturated heterocycles. The molecule has 6 nitrogen and oxygen atoms in total. The van der Waals surface area contributed by atoms with Crippen molar-refractivity contribution in [3.63, 3.8) is 0 Å². The van der Waals surface area contributed by atoms with Crippen LogP contribution >= 0.6 is 0 Å². The Kier molecular flexibility index (Phi) is 3.61. The minimum Gasteiger partial charge on any atom is -0.481 e. The molecular formula is C9H10N2O4. The van der Waals surface area contributed by atoms with Crippen molar-refractivity contribution in [3.8, 4) is 0 Å². The van der Waals surface area contributed by atoms with E-state index in [1.165, 1.54) is 12.1 Å². The van der Waals surface area contributed by atoms with E-state index in [2.05, 4.69) is 5.32 Å². The summed E-state index contributed by atoms with van der Waals surface area (Å²) in [6.45, 7) is 0.247. The van der Waals surface area contributed by atoms with Crippen LogP contribution in [-0.4, -0.2) is 22.5 Å². The number of nitrogens with one attached hydrogen (secondary N) is 1. The molecule has 0 unspecified atom stereocenters. The van der Waals surface area contributed by atoms with E-state index in [1.807, 2.05) is 0 Å². The topological polar surface area (TPSA) is 92.5 Å². The summed E-state index contributed by atoms with van der Waals surface area (Å²) in [6.07, 6.45) is -0.0251. The number of nitro benzene ring substituents is 1. The van der Waals surface area contributed by atoms with Crippen LogP contribution in [0.15, 0.2) is 24.3 Å². The Hall–Kier alpha value is -2.11. The standard InChI is InChI=1S/C9H10N2O4/c12-9(13)4-5-10-7-2-1-3-8(6-7)11(14)15/h1-3,6,10H,4-5H2,(H,12,13). The Morgan fingerprint density at radius 3 is 2.87 bits per heavy atom. The van der Waals surface area contributed by atoms with Crippen LogP contribution in [0.25, 0.3) is 0 Å². The van der Waals surface area contributed by atoms with Crippen molar-refractivity contribution < 1.29 is 14.8 Å². The molecule has 0 heterocycles. The largest absolute Gasteiger partial charge is 0.481 e. The van der Waals surface area contributed by atoms with Gasteiger partial charge in [0.15, 0.2) is 0 Å². The number of carbonyl (C=O) groups is 1. The van der Waals surface area contributed by atoms with Gasteiger partial charge in [0.05, 0.1) is 11.3 Å². The lowest BCUT2D eigenvalue weighted by Crippen LogP contribution is -2.07. The van der Waals surface area contributed by atoms with Crippen molar-refractivity contribution in [2.45, 2.75) is 6.42 Å². The van der Waals surface area contributed by atoms with Crippen LogP contribution < -0.4 is 5.32 Å². The third kappa shape index (κ3) is 3.63. The van der Waals surface area contributed by atoms with Gasteiger partial charge in [-0.15, -0.1) is 0 Å². The smallest absolute Gasteiger partial charge is 0.305 e. The van der Waals surface area contributed by atoms with E-state index in [1.54, 1.807) is 12.1 Å². The van der Waals surface area contributed by atoms with Crippen LogP contribution in [0.2, 0.25) is 0 Å². The van der Waals surface area contributed by atoms with Gasteiger partial charge in [0.1, 0.15) is 0 Å². The second-order valence-electron chi connectivity index (χ2n) is 2.88. The van der Waals surface area contributed by atoms with Crippen LogP contribution in [-0.2, 0) is 4.79 Å². The van der Waals surface area contributed by atoms with Crippen LogP contribution in [0.1, 0.15) is 6.42 Å². The zero-order valence-corrected chi connectivity index (χ0v) is 7.84. The summed E-state index contributed by atoms with van der Waals surface area (Å²) in [5.74, 6) is -0.909. The first kappa shape index (κ1) is 11.0. The van der Waals surface area contributed by atoms with Gasteiger partial charge in [-0.25, -0.2) is 0 Å². The van der Waals surface area contributed by atoms with E-state index in [0.29, 0.717) is 5.69 Å². The maximum Gasteiger partial charge on any atom is 0.305 e. The lowest BCUT2D eigenvalue weighted by Gasteiger charge is -2.03. The van der Waals surface area contributed by atoms with Crippen molar-refractivity contribution >= 4 is 17.3 Å². The highest BCUT2D eigenvalue weighted by molar-refractivity contribution is 5.67. The number of carboxylic acid groups (broad SMARTS) is 1. The zero-order chi connectivity index (χ0) is 11.3. The molecule has 0 amide bonds. The number of carboxylic acids is 1. The summed E-state index contributed by atoms with van der Waals surface area (Å²) in [6, 6.07) is 5.93. The van der Waals surface area contributed by atoms with Gasteiger partial charge in [0.2, 0.25) is 0 Å². The van der Waals surface area contributed by atoms with E-state index in [-0.39, 0.29) is 18.7 Å². The predicted octanol–water partition coefficient (Wildman–Crippen LogP) is 1.48. The molecule has 0 radical (unpaired) electrons. The lowest BCUT2D eigenvalue weighted by atomic mass is 10.3. The second kappa shape index (κ2) is 4.94. The van der Waals surface area contributed by atoms with E-state index in [0.717, 1.165) is 0 Å². The molecule has 1 rings (SSSR count). The zero-order valence-electron chi connectivity index (χ0n) is 7.84. The summed E-state index contributed by atoms with van der Waals surface area (Å²) >= 11 is 0. The number of hydrogen-bond acceptors (Lipinski definition) is 4. The van der Waals surface area contributed by atoms with Crippen LogP contribution in [0.4, 0.5) is 11.4 Å². The van der Waals surface area contributed by atoms with Gasteiger partial charge in [-0.3, -0.25) is 14.9 Å². The quantitative estimate of drug-likeness (QED) is 0.567. The number of hydrogen-bond donors (Lipinski definition) is 2. The monoisotopic (exact) mass is 210 g/mol. The number of benzene rings is 1. The summed E-state index contributed by atoms with van der Waals surface area (Å²) in [7, 11) is 0. The molecule has 0 aliphatic heterocycles. The average Bonchev–Trinajstić information content (AvgIpc) is 2.17. The van der Waals surface area contributed by atoms with Crippen molar-refractivity contribution in [1.82, 2.24) is 0 Å². The van der Waals surface area contributed by atoms with Crippen molar-refractivity contribution in [2.24, 2.45) is 0 Å². The van der Waals surface area contributed by atoms with Gasteiger partial charge in [-0.05, 0) is 6.07 Å². The first-order valence-corrected chi connectivity index (χ1v) is 4.29. The third-order valence-electron chi connectivity index (χ3n) is 1.72. The number of non-ortho nitro benzene ring substituents is 1. The molecule has 1 aromatic rings. The Morgan fingerprint density at radius 2 is 2.27 bits per heavy atom. The lowest BCUT2D eigenvalue weighted by molar-refractivity contribution is -0.384. The Labute approximate surface area is 85.7 Å². The first-order valence-electron chi connectivity index (χ1n) is 4.29. The van der Waals surface area contributed by atoms with Crippen molar-refractivity contribution in [1.29, 1.82) is 0 Å². The van der Waals surface area contributed by atoms with Gasteiger partial charge in [-0.2, -0.15) is 0 Å². The van der Waals surface area contributed by atoms with Crippen LogP contribution in [0.5, 0.6) is 0 Å². The molecule has 15 heavy (non-hydrogen) atoms. The summed E-state index contributed by atoms with van der Waals surface area (Å²) < 4.78 is 0. The van der Waals surface area contributed by atoms with Gasteiger partial charge < -0.3 is 10.4 Å². The maximum absolute atomic E-state index is 10.4. The molecular weight excluding hydrogens is 200 g/mol. The molecule has 1 aromatic carbocycles. The second-order valence-corrected chi connectivity index (χ2v) is 2.88. The highest BCUT2D eigenvalue weighted by atomic mass is 16.6.